The Labute approximate surface area is 105 Å². The fraction of sp³-hybridized carbons (Fsp3) is 1.00. The van der Waals surface area contributed by atoms with Gasteiger partial charge in [-0.25, -0.2) is 0 Å². The lowest BCUT2D eigenvalue weighted by Crippen LogP contribution is -2.32. The molecule has 0 radical (unpaired) electrons. The van der Waals surface area contributed by atoms with Crippen LogP contribution in [0.15, 0.2) is 0 Å². The van der Waals surface area contributed by atoms with Crippen molar-refractivity contribution in [3.8, 4) is 0 Å². The Morgan fingerprint density at radius 2 is 2.12 bits per heavy atom. The highest BCUT2D eigenvalue weighted by molar-refractivity contribution is 4.71. The van der Waals surface area contributed by atoms with Crippen LogP contribution < -0.4 is 5.32 Å². The molecule has 0 heterocycles. The topological polar surface area (TPSA) is 50.7 Å². The summed E-state index contributed by atoms with van der Waals surface area (Å²) in [6, 6.07) is 0. The van der Waals surface area contributed by atoms with E-state index in [1.54, 1.807) is 0 Å². The molecule has 0 aromatic rings. The van der Waals surface area contributed by atoms with Crippen LogP contribution in [0.4, 0.5) is 0 Å². The van der Waals surface area contributed by atoms with Crippen molar-refractivity contribution >= 4 is 0 Å². The molecule has 0 bridgehead atoms. The third-order valence-corrected chi connectivity index (χ3v) is 2.69. The van der Waals surface area contributed by atoms with Gasteiger partial charge in [-0.3, -0.25) is 0 Å². The maximum Gasteiger partial charge on any atom is 0.0897 e. The van der Waals surface area contributed by atoms with E-state index < -0.39 is 6.10 Å². The Kier molecular flexibility index (Phi) is 7.77. The summed E-state index contributed by atoms with van der Waals surface area (Å²) in [6.45, 7) is 7.59. The van der Waals surface area contributed by atoms with Crippen molar-refractivity contribution in [2.24, 2.45) is 5.92 Å². The molecule has 0 spiro atoms. The van der Waals surface area contributed by atoms with Crippen LogP contribution in [0.1, 0.15) is 33.1 Å². The molecule has 1 unspecified atom stereocenters. The third-order valence-electron chi connectivity index (χ3n) is 2.69. The minimum Gasteiger partial charge on any atom is -0.389 e. The number of hydrogen-bond donors (Lipinski definition) is 2. The van der Waals surface area contributed by atoms with Gasteiger partial charge in [-0.1, -0.05) is 0 Å². The van der Waals surface area contributed by atoms with Gasteiger partial charge in [-0.05, 0) is 45.6 Å². The largest absolute Gasteiger partial charge is 0.389 e. The fourth-order valence-corrected chi connectivity index (χ4v) is 1.46. The normalized spacial score (nSPS) is 17.6. The van der Waals surface area contributed by atoms with Crippen LogP contribution in [-0.4, -0.2) is 50.2 Å². The molecule has 0 amide bonds. The Bertz CT molecular complexity index is 184. The molecular formula is C13H27NO3. The van der Waals surface area contributed by atoms with E-state index >= 15 is 0 Å². The Morgan fingerprint density at radius 1 is 1.35 bits per heavy atom. The molecule has 17 heavy (non-hydrogen) atoms. The molecule has 0 aliphatic heterocycles. The highest BCUT2D eigenvalue weighted by Crippen LogP contribution is 2.28. The van der Waals surface area contributed by atoms with Crippen molar-refractivity contribution in [1.29, 1.82) is 0 Å². The van der Waals surface area contributed by atoms with Gasteiger partial charge in [0, 0.05) is 19.8 Å². The van der Waals surface area contributed by atoms with Gasteiger partial charge in [-0.2, -0.15) is 0 Å². The zero-order valence-electron chi connectivity index (χ0n) is 11.2. The maximum absolute atomic E-state index is 9.56. The van der Waals surface area contributed by atoms with Gasteiger partial charge in [0.25, 0.3) is 0 Å². The summed E-state index contributed by atoms with van der Waals surface area (Å²) in [5, 5.41) is 12.8. The maximum atomic E-state index is 9.56. The van der Waals surface area contributed by atoms with Gasteiger partial charge >= 0.3 is 0 Å². The Hall–Kier alpha value is -0.160. The zero-order valence-corrected chi connectivity index (χ0v) is 11.2. The summed E-state index contributed by atoms with van der Waals surface area (Å²) >= 11 is 0. The SMILES string of the molecule is CC(C)OCC(O)CNCCCOCC1CC1. The number of aliphatic hydroxyl groups is 1. The van der Waals surface area contributed by atoms with Crippen LogP contribution in [0.3, 0.4) is 0 Å². The number of aliphatic hydroxyl groups excluding tert-OH is 1. The first-order valence-electron chi connectivity index (χ1n) is 6.76. The third kappa shape index (κ3) is 9.53. The molecule has 1 fully saturated rings. The summed E-state index contributed by atoms with van der Waals surface area (Å²) in [7, 11) is 0. The van der Waals surface area contributed by atoms with E-state index in [2.05, 4.69) is 5.32 Å². The second-order valence-electron chi connectivity index (χ2n) is 5.11. The lowest BCUT2D eigenvalue weighted by Gasteiger charge is -2.14. The molecule has 1 saturated carbocycles. The first-order chi connectivity index (χ1) is 8.18. The lowest BCUT2D eigenvalue weighted by molar-refractivity contribution is 0.00626. The van der Waals surface area contributed by atoms with E-state index in [4.69, 9.17) is 9.47 Å². The minimum atomic E-state index is -0.412. The summed E-state index contributed by atoms with van der Waals surface area (Å²) in [5.41, 5.74) is 0. The van der Waals surface area contributed by atoms with E-state index in [9.17, 15) is 5.11 Å². The van der Waals surface area contributed by atoms with Crippen LogP contribution in [0.25, 0.3) is 0 Å². The van der Waals surface area contributed by atoms with Gasteiger partial charge in [0.15, 0.2) is 0 Å². The Morgan fingerprint density at radius 3 is 2.76 bits per heavy atom. The van der Waals surface area contributed by atoms with Crippen molar-refractivity contribution in [2.45, 2.75) is 45.3 Å². The van der Waals surface area contributed by atoms with Crippen LogP contribution in [0, 0.1) is 5.92 Å². The van der Waals surface area contributed by atoms with Crippen molar-refractivity contribution < 1.29 is 14.6 Å². The summed E-state index contributed by atoms with van der Waals surface area (Å²) in [4.78, 5) is 0. The van der Waals surface area contributed by atoms with Crippen LogP contribution in [0.2, 0.25) is 0 Å². The molecule has 0 saturated heterocycles. The minimum absolute atomic E-state index is 0.181. The van der Waals surface area contributed by atoms with Crippen molar-refractivity contribution in [1.82, 2.24) is 5.32 Å². The van der Waals surface area contributed by atoms with Gasteiger partial charge < -0.3 is 19.9 Å². The molecule has 0 aromatic carbocycles. The summed E-state index contributed by atoms with van der Waals surface area (Å²) in [6.07, 6.45) is 3.47. The van der Waals surface area contributed by atoms with E-state index in [0.717, 1.165) is 32.1 Å². The smallest absolute Gasteiger partial charge is 0.0897 e. The van der Waals surface area contributed by atoms with Crippen molar-refractivity contribution in [2.75, 3.05) is 32.9 Å². The molecule has 1 aliphatic carbocycles. The van der Waals surface area contributed by atoms with Gasteiger partial charge in [0.1, 0.15) is 0 Å². The van der Waals surface area contributed by atoms with Crippen LogP contribution in [0.5, 0.6) is 0 Å². The second kappa shape index (κ2) is 8.86. The lowest BCUT2D eigenvalue weighted by atomic mass is 10.3. The second-order valence-corrected chi connectivity index (χ2v) is 5.11. The monoisotopic (exact) mass is 245 g/mol. The number of nitrogens with one attached hydrogen (secondary N) is 1. The standard InChI is InChI=1S/C13H27NO3/c1-11(2)17-10-13(15)8-14-6-3-7-16-9-12-4-5-12/h11-15H,3-10H2,1-2H3. The zero-order chi connectivity index (χ0) is 12.5. The number of rotatable bonds is 11. The molecular weight excluding hydrogens is 218 g/mol. The summed E-state index contributed by atoms with van der Waals surface area (Å²) in [5.74, 6) is 0.845. The van der Waals surface area contributed by atoms with E-state index in [1.165, 1.54) is 12.8 Å². The average Bonchev–Trinajstić information content (AvgIpc) is 3.09. The fourth-order valence-electron chi connectivity index (χ4n) is 1.46. The first-order valence-corrected chi connectivity index (χ1v) is 6.76. The highest BCUT2D eigenvalue weighted by Gasteiger charge is 2.20. The molecule has 0 aromatic heterocycles. The van der Waals surface area contributed by atoms with Crippen molar-refractivity contribution in [3.05, 3.63) is 0 Å². The Balaban J connectivity index is 1.75. The molecule has 1 rings (SSSR count). The molecule has 102 valence electrons. The van der Waals surface area contributed by atoms with Crippen LogP contribution in [-0.2, 0) is 9.47 Å². The molecule has 4 nitrogen and oxygen atoms in total. The quantitative estimate of drug-likeness (QED) is 0.537. The molecule has 1 atom stereocenters. The number of ether oxygens (including phenoxy) is 2. The summed E-state index contributed by atoms with van der Waals surface area (Å²) < 4.78 is 10.8. The molecule has 4 heteroatoms. The van der Waals surface area contributed by atoms with Crippen LogP contribution >= 0.6 is 0 Å². The van der Waals surface area contributed by atoms with Gasteiger partial charge in [0.2, 0.25) is 0 Å². The van der Waals surface area contributed by atoms with E-state index in [1.807, 2.05) is 13.8 Å². The van der Waals surface area contributed by atoms with Crippen molar-refractivity contribution in [3.63, 3.8) is 0 Å². The van der Waals surface area contributed by atoms with E-state index in [0.29, 0.717) is 13.2 Å². The predicted octanol–water partition coefficient (Wildman–Crippen LogP) is 1.18. The molecule has 2 N–H and O–H groups in total. The van der Waals surface area contributed by atoms with E-state index in [-0.39, 0.29) is 6.10 Å². The predicted molar refractivity (Wildman–Crippen MR) is 68.1 cm³/mol. The highest BCUT2D eigenvalue weighted by atomic mass is 16.5. The number of hydrogen-bond acceptors (Lipinski definition) is 4. The van der Waals surface area contributed by atoms with Gasteiger partial charge in [0.05, 0.1) is 18.8 Å². The average molecular weight is 245 g/mol. The molecule has 1 aliphatic rings. The first kappa shape index (κ1) is 14.9. The van der Waals surface area contributed by atoms with Gasteiger partial charge in [-0.15, -0.1) is 0 Å².